The molecule has 1 aromatic carbocycles. The lowest BCUT2D eigenvalue weighted by molar-refractivity contribution is 0.295. The van der Waals surface area contributed by atoms with Crippen molar-refractivity contribution in [2.24, 2.45) is 0 Å². The van der Waals surface area contributed by atoms with Gasteiger partial charge >= 0.3 is 0 Å². The van der Waals surface area contributed by atoms with Crippen LogP contribution in [0.15, 0.2) is 12.1 Å². The van der Waals surface area contributed by atoms with Gasteiger partial charge < -0.3 is 10.3 Å². The van der Waals surface area contributed by atoms with Gasteiger partial charge in [0.1, 0.15) is 6.17 Å². The molecule has 0 saturated carbocycles. The van der Waals surface area contributed by atoms with E-state index in [0.717, 1.165) is 12.1 Å². The van der Waals surface area contributed by atoms with Crippen molar-refractivity contribution in [1.82, 2.24) is 10.3 Å². The minimum atomic E-state index is -1.19. The van der Waals surface area contributed by atoms with E-state index in [1.54, 1.807) is 0 Å². The summed E-state index contributed by atoms with van der Waals surface area (Å²) < 4.78 is 40.1. The predicted molar refractivity (Wildman–Crippen MR) is 58.5 cm³/mol. The molecule has 3 rings (SSSR count). The molecular formula is C12H11F3N2. The van der Waals surface area contributed by atoms with Crippen LogP contribution >= 0.6 is 0 Å². The molecule has 2 nitrogen and oxygen atoms in total. The number of hydrogen-bond donors (Lipinski definition) is 2. The maximum Gasteiger partial charge on any atom is 0.160 e. The monoisotopic (exact) mass is 240 g/mol. The first-order valence-electron chi connectivity index (χ1n) is 5.46. The summed E-state index contributed by atoms with van der Waals surface area (Å²) in [5.41, 5.74) is 1.56. The molecule has 0 fully saturated rings. The smallest absolute Gasteiger partial charge is 0.160 e. The van der Waals surface area contributed by atoms with Crippen LogP contribution in [0.25, 0.3) is 10.9 Å². The summed E-state index contributed by atoms with van der Waals surface area (Å²) in [7, 11) is 0. The summed E-state index contributed by atoms with van der Waals surface area (Å²) in [5, 5.41) is 3.41. The van der Waals surface area contributed by atoms with E-state index in [4.69, 9.17) is 0 Å². The van der Waals surface area contributed by atoms with Crippen LogP contribution in [-0.2, 0) is 0 Å². The molecule has 2 heterocycles. The highest BCUT2D eigenvalue weighted by atomic mass is 19.2. The fourth-order valence-corrected chi connectivity index (χ4v) is 2.39. The molecule has 1 unspecified atom stereocenters. The van der Waals surface area contributed by atoms with Crippen LogP contribution in [0.2, 0.25) is 0 Å². The molecule has 1 aliphatic heterocycles. The highest BCUT2D eigenvalue weighted by Crippen LogP contribution is 2.37. The summed E-state index contributed by atoms with van der Waals surface area (Å²) in [5.74, 6) is -1.87. The van der Waals surface area contributed by atoms with Gasteiger partial charge in [0.2, 0.25) is 0 Å². The van der Waals surface area contributed by atoms with Gasteiger partial charge in [0, 0.05) is 40.8 Å². The zero-order chi connectivity index (χ0) is 12.2. The predicted octanol–water partition coefficient (Wildman–Crippen LogP) is 3.12. The van der Waals surface area contributed by atoms with E-state index < -0.39 is 17.8 Å². The van der Waals surface area contributed by atoms with Crippen LogP contribution in [0.3, 0.4) is 0 Å². The lowest BCUT2D eigenvalue weighted by atomic mass is 9.99. The Bertz CT molecular complexity index is 591. The van der Waals surface area contributed by atoms with Crippen LogP contribution in [0.1, 0.15) is 30.4 Å². The number of hydrogen-bond acceptors (Lipinski definition) is 1. The molecular weight excluding hydrogens is 229 g/mol. The third-order valence-corrected chi connectivity index (χ3v) is 3.26. The molecule has 17 heavy (non-hydrogen) atoms. The van der Waals surface area contributed by atoms with Crippen LogP contribution < -0.4 is 5.32 Å². The Morgan fingerprint density at radius 3 is 2.71 bits per heavy atom. The van der Waals surface area contributed by atoms with Crippen molar-refractivity contribution in [2.45, 2.75) is 19.1 Å². The fraction of sp³-hybridized carbons (Fsp3) is 0.333. The molecule has 0 radical (unpaired) electrons. The van der Waals surface area contributed by atoms with E-state index in [9.17, 15) is 13.2 Å². The van der Waals surface area contributed by atoms with Gasteiger partial charge in [-0.25, -0.2) is 13.2 Å². The van der Waals surface area contributed by atoms with Crippen LogP contribution in [-0.4, -0.2) is 11.5 Å². The molecule has 0 spiro atoms. The van der Waals surface area contributed by atoms with Gasteiger partial charge in [-0.05, 0) is 13.0 Å². The molecule has 0 saturated heterocycles. The van der Waals surface area contributed by atoms with Gasteiger partial charge in [-0.2, -0.15) is 0 Å². The summed E-state index contributed by atoms with van der Waals surface area (Å²) in [6.07, 6.45) is -1.19. The Labute approximate surface area is 95.8 Å². The Balaban J connectivity index is 2.34. The molecule has 0 aliphatic carbocycles. The summed E-state index contributed by atoms with van der Waals surface area (Å²) in [4.78, 5) is 2.96. The summed E-state index contributed by atoms with van der Waals surface area (Å²) in [6, 6.07) is 2.09. The molecule has 1 aromatic heterocycles. The van der Waals surface area contributed by atoms with Crippen LogP contribution in [0.5, 0.6) is 0 Å². The van der Waals surface area contributed by atoms with Crippen molar-refractivity contribution in [3.63, 3.8) is 0 Å². The van der Waals surface area contributed by atoms with Crippen molar-refractivity contribution in [3.05, 3.63) is 35.0 Å². The zero-order valence-corrected chi connectivity index (χ0v) is 9.15. The first-order valence-corrected chi connectivity index (χ1v) is 5.46. The number of aromatic nitrogens is 1. The quantitative estimate of drug-likeness (QED) is 0.727. The first kappa shape index (κ1) is 10.7. The highest BCUT2D eigenvalue weighted by molar-refractivity contribution is 5.85. The lowest BCUT2D eigenvalue weighted by Gasteiger charge is -2.23. The van der Waals surface area contributed by atoms with Crippen molar-refractivity contribution in [1.29, 1.82) is 0 Å². The largest absolute Gasteiger partial charge is 0.357 e. The van der Waals surface area contributed by atoms with Gasteiger partial charge in [0.25, 0.3) is 0 Å². The van der Waals surface area contributed by atoms with Crippen molar-refractivity contribution >= 4 is 10.9 Å². The van der Waals surface area contributed by atoms with Crippen molar-refractivity contribution in [3.8, 4) is 0 Å². The van der Waals surface area contributed by atoms with E-state index in [2.05, 4.69) is 10.3 Å². The summed E-state index contributed by atoms with van der Waals surface area (Å²) >= 11 is 0. The van der Waals surface area contributed by atoms with E-state index in [1.165, 1.54) is 0 Å². The van der Waals surface area contributed by atoms with E-state index in [1.807, 2.05) is 6.92 Å². The zero-order valence-electron chi connectivity index (χ0n) is 9.15. The van der Waals surface area contributed by atoms with E-state index in [0.29, 0.717) is 22.2 Å². The normalized spacial score (nSPS) is 24.0. The number of benzene rings is 1. The fourth-order valence-electron chi connectivity index (χ4n) is 2.39. The highest BCUT2D eigenvalue weighted by Gasteiger charge is 2.28. The molecule has 2 atom stereocenters. The maximum atomic E-state index is 13.8. The average Bonchev–Trinajstić information content (AvgIpc) is 2.64. The number of fused-ring (bicyclic) bond motifs is 3. The number of halogens is 3. The number of aromatic amines is 1. The number of rotatable bonds is 0. The van der Waals surface area contributed by atoms with Gasteiger partial charge in [-0.3, -0.25) is 0 Å². The third-order valence-electron chi connectivity index (χ3n) is 3.26. The second-order valence-corrected chi connectivity index (χ2v) is 4.36. The molecule has 2 N–H and O–H groups in total. The summed E-state index contributed by atoms with van der Waals surface area (Å²) in [6.45, 7) is 2.08. The Kier molecular flexibility index (Phi) is 2.19. The van der Waals surface area contributed by atoms with Crippen molar-refractivity contribution in [2.75, 3.05) is 6.54 Å². The van der Waals surface area contributed by atoms with Gasteiger partial charge in [0.15, 0.2) is 11.6 Å². The van der Waals surface area contributed by atoms with E-state index >= 15 is 0 Å². The van der Waals surface area contributed by atoms with Crippen LogP contribution in [0, 0.1) is 11.6 Å². The Hall–Kier alpha value is -1.49. The van der Waals surface area contributed by atoms with Gasteiger partial charge in [0.05, 0.1) is 0 Å². The second-order valence-electron chi connectivity index (χ2n) is 4.36. The molecule has 2 aromatic rings. The number of alkyl halides is 1. The lowest BCUT2D eigenvalue weighted by Crippen LogP contribution is -2.29. The van der Waals surface area contributed by atoms with Crippen LogP contribution in [0.4, 0.5) is 13.2 Å². The second kappa shape index (κ2) is 3.50. The van der Waals surface area contributed by atoms with Gasteiger partial charge in [-0.1, -0.05) is 0 Å². The Morgan fingerprint density at radius 1 is 1.24 bits per heavy atom. The first-order chi connectivity index (χ1) is 8.08. The van der Waals surface area contributed by atoms with E-state index in [-0.39, 0.29) is 12.6 Å². The molecule has 90 valence electrons. The standard InChI is InChI=1S/C12H11F3N2/c1-5-12-11(9(15)4-16-5)6-2-7(13)8(14)3-10(6)17-12/h2-3,5,9,16-17H,4H2,1H3/t5-,9?/m1/s1. The maximum absolute atomic E-state index is 13.8. The minimum absolute atomic E-state index is 0.0458. The third kappa shape index (κ3) is 1.45. The molecule has 0 bridgehead atoms. The van der Waals surface area contributed by atoms with Crippen molar-refractivity contribution < 1.29 is 13.2 Å². The number of nitrogens with one attached hydrogen (secondary N) is 2. The molecule has 5 heteroatoms. The minimum Gasteiger partial charge on any atom is -0.357 e. The SMILES string of the molecule is C[C@H]1NCC(F)c2c1[nH]c1cc(F)c(F)cc21. The topological polar surface area (TPSA) is 27.8 Å². The average molecular weight is 240 g/mol. The molecule has 1 aliphatic rings. The number of H-pyrrole nitrogens is 1. The van der Waals surface area contributed by atoms with Gasteiger partial charge in [-0.15, -0.1) is 0 Å². The Morgan fingerprint density at radius 2 is 1.94 bits per heavy atom. The molecule has 0 amide bonds.